The zero-order valence-corrected chi connectivity index (χ0v) is 18.4. The van der Waals surface area contributed by atoms with E-state index < -0.39 is 11.6 Å². The lowest BCUT2D eigenvalue weighted by Crippen LogP contribution is -2.52. The first-order chi connectivity index (χ1) is 14.4. The highest BCUT2D eigenvalue weighted by Crippen LogP contribution is 2.75. The SMILES string of the molecule is CCOC(=O)c1c(-c2ccccc2)csc1NC(=O)[C@@]12C[C@@H]3CC[C@@]1(C)[C@@]3(C)CO2. The standard InChI is InChI=1S/C24H27NO4S/c1-4-28-20(26)18-17(15-8-6-5-7-9-15)13-30-19(18)25-21(27)24-12-16-10-11-23(24,3)22(16,2)14-29-24/h5-9,13,16H,4,10-12,14H2,1-3H3,(H,25,27)/t16-,22-,23-,24-/m0/s1. The van der Waals surface area contributed by atoms with Crippen molar-refractivity contribution in [1.29, 1.82) is 0 Å². The summed E-state index contributed by atoms with van der Waals surface area (Å²) < 4.78 is 11.6. The first kappa shape index (κ1) is 19.8. The molecule has 1 aliphatic heterocycles. The van der Waals surface area contributed by atoms with Gasteiger partial charge in [-0.25, -0.2) is 4.79 Å². The summed E-state index contributed by atoms with van der Waals surface area (Å²) in [6.07, 6.45) is 2.93. The van der Waals surface area contributed by atoms with E-state index in [0.717, 1.165) is 30.4 Å². The summed E-state index contributed by atoms with van der Waals surface area (Å²) >= 11 is 1.36. The molecular formula is C24H27NO4S. The zero-order valence-electron chi connectivity index (χ0n) is 17.6. The van der Waals surface area contributed by atoms with E-state index >= 15 is 0 Å². The third-order valence-electron chi connectivity index (χ3n) is 8.15. The van der Waals surface area contributed by atoms with Gasteiger partial charge in [0.2, 0.25) is 0 Å². The van der Waals surface area contributed by atoms with Gasteiger partial charge >= 0.3 is 5.97 Å². The molecule has 4 atom stereocenters. The average Bonchev–Trinajstić information content (AvgIpc) is 3.39. The fraction of sp³-hybridized carbons (Fsp3) is 0.500. The van der Waals surface area contributed by atoms with Crippen molar-refractivity contribution in [3.8, 4) is 11.1 Å². The number of nitrogens with one attached hydrogen (secondary N) is 1. The van der Waals surface area contributed by atoms with Gasteiger partial charge in [0.1, 0.15) is 10.6 Å². The molecule has 4 bridgehead atoms. The number of benzene rings is 1. The number of carbonyl (C=O) groups is 2. The van der Waals surface area contributed by atoms with Gasteiger partial charge in [-0.2, -0.15) is 0 Å². The Morgan fingerprint density at radius 1 is 1.27 bits per heavy atom. The number of rotatable bonds is 5. The molecule has 1 aromatic carbocycles. The quantitative estimate of drug-likeness (QED) is 0.675. The summed E-state index contributed by atoms with van der Waals surface area (Å²) in [5.41, 5.74) is 1.20. The van der Waals surface area contributed by atoms with E-state index in [1.54, 1.807) is 6.92 Å². The maximum Gasteiger partial charge on any atom is 0.341 e. The second kappa shape index (κ2) is 6.66. The molecule has 5 nitrogen and oxygen atoms in total. The lowest BCUT2D eigenvalue weighted by molar-refractivity contribution is -0.149. The Hall–Kier alpha value is -2.18. The summed E-state index contributed by atoms with van der Waals surface area (Å²) in [4.78, 5) is 26.5. The van der Waals surface area contributed by atoms with Gasteiger partial charge in [-0.1, -0.05) is 44.2 Å². The molecule has 2 aromatic rings. The Morgan fingerprint density at radius 2 is 2.03 bits per heavy atom. The summed E-state index contributed by atoms with van der Waals surface area (Å²) in [6, 6.07) is 9.71. The van der Waals surface area contributed by atoms with Crippen molar-refractivity contribution < 1.29 is 19.1 Å². The zero-order chi connectivity index (χ0) is 21.1. The van der Waals surface area contributed by atoms with Crippen LogP contribution >= 0.6 is 11.3 Å². The Labute approximate surface area is 180 Å². The molecule has 1 N–H and O–H groups in total. The molecule has 6 heteroatoms. The van der Waals surface area contributed by atoms with Crippen LogP contribution in [0, 0.1) is 16.7 Å². The van der Waals surface area contributed by atoms with Crippen LogP contribution in [0.25, 0.3) is 11.1 Å². The second-order valence-corrected chi connectivity index (χ2v) is 10.1. The minimum absolute atomic E-state index is 0.0545. The summed E-state index contributed by atoms with van der Waals surface area (Å²) in [6.45, 7) is 7.18. The maximum absolute atomic E-state index is 13.6. The van der Waals surface area contributed by atoms with E-state index in [-0.39, 0.29) is 23.3 Å². The van der Waals surface area contributed by atoms with Gasteiger partial charge < -0.3 is 14.8 Å². The van der Waals surface area contributed by atoms with Crippen LogP contribution in [0.3, 0.4) is 0 Å². The highest BCUT2D eigenvalue weighted by atomic mass is 32.1. The number of esters is 1. The molecule has 1 amide bonds. The topological polar surface area (TPSA) is 64.6 Å². The number of carbonyl (C=O) groups excluding carboxylic acids is 2. The second-order valence-electron chi connectivity index (χ2n) is 9.20. The molecule has 3 aliphatic rings. The normalized spacial score (nSPS) is 33.6. The van der Waals surface area contributed by atoms with Crippen LogP contribution < -0.4 is 5.32 Å². The van der Waals surface area contributed by atoms with E-state index in [1.807, 2.05) is 35.7 Å². The van der Waals surface area contributed by atoms with E-state index in [0.29, 0.717) is 23.1 Å². The maximum atomic E-state index is 13.6. The molecule has 158 valence electrons. The van der Waals surface area contributed by atoms with Crippen molar-refractivity contribution in [2.75, 3.05) is 18.5 Å². The third-order valence-corrected chi connectivity index (χ3v) is 9.04. The van der Waals surface area contributed by atoms with Crippen LogP contribution in [0.4, 0.5) is 5.00 Å². The van der Waals surface area contributed by atoms with Crippen molar-refractivity contribution in [2.24, 2.45) is 16.7 Å². The predicted molar refractivity (Wildman–Crippen MR) is 117 cm³/mol. The van der Waals surface area contributed by atoms with Crippen molar-refractivity contribution in [3.05, 3.63) is 41.3 Å². The van der Waals surface area contributed by atoms with E-state index in [2.05, 4.69) is 19.2 Å². The fourth-order valence-electron chi connectivity index (χ4n) is 6.15. The van der Waals surface area contributed by atoms with E-state index in [1.165, 1.54) is 11.3 Å². The Kier molecular flexibility index (Phi) is 4.39. The molecule has 0 spiro atoms. The van der Waals surface area contributed by atoms with Crippen molar-refractivity contribution >= 4 is 28.2 Å². The smallest absolute Gasteiger partial charge is 0.341 e. The molecule has 3 fully saturated rings. The van der Waals surface area contributed by atoms with Crippen molar-refractivity contribution in [3.63, 3.8) is 0 Å². The molecular weight excluding hydrogens is 398 g/mol. The number of hydrogen-bond donors (Lipinski definition) is 1. The van der Waals surface area contributed by atoms with Gasteiger partial charge in [-0.3, -0.25) is 4.79 Å². The number of amides is 1. The summed E-state index contributed by atoms with van der Waals surface area (Å²) in [7, 11) is 0. The van der Waals surface area contributed by atoms with E-state index in [9.17, 15) is 9.59 Å². The van der Waals surface area contributed by atoms with Crippen molar-refractivity contribution in [2.45, 2.75) is 45.6 Å². The molecule has 1 aromatic heterocycles. The average molecular weight is 426 g/mol. The Balaban J connectivity index is 1.51. The van der Waals surface area contributed by atoms with Gasteiger partial charge in [0.05, 0.1) is 13.2 Å². The van der Waals surface area contributed by atoms with Crippen molar-refractivity contribution in [1.82, 2.24) is 0 Å². The molecule has 0 unspecified atom stereocenters. The highest BCUT2D eigenvalue weighted by molar-refractivity contribution is 7.15. The monoisotopic (exact) mass is 425 g/mol. The van der Waals surface area contributed by atoms with Gasteiger partial charge in [0.25, 0.3) is 5.91 Å². The summed E-state index contributed by atoms with van der Waals surface area (Å²) in [5, 5.41) is 5.53. The molecule has 2 saturated carbocycles. The Morgan fingerprint density at radius 3 is 2.70 bits per heavy atom. The van der Waals surface area contributed by atoms with Gasteiger partial charge in [-0.05, 0) is 37.7 Å². The number of hydrogen-bond acceptors (Lipinski definition) is 5. The van der Waals surface area contributed by atoms with Crippen LogP contribution in [0.15, 0.2) is 35.7 Å². The molecule has 1 saturated heterocycles. The van der Waals surface area contributed by atoms with Gasteiger partial charge in [0.15, 0.2) is 5.60 Å². The Bertz CT molecular complexity index is 1020. The molecule has 0 radical (unpaired) electrons. The molecule has 30 heavy (non-hydrogen) atoms. The van der Waals surface area contributed by atoms with Crippen LogP contribution in [-0.2, 0) is 14.3 Å². The largest absolute Gasteiger partial charge is 0.462 e. The predicted octanol–water partition coefficient (Wildman–Crippen LogP) is 5.13. The van der Waals surface area contributed by atoms with Crippen LogP contribution in [0.1, 0.15) is 50.4 Å². The lowest BCUT2D eigenvalue weighted by atomic mass is 9.66. The summed E-state index contributed by atoms with van der Waals surface area (Å²) in [5.74, 6) is -0.0144. The number of anilines is 1. The minimum atomic E-state index is -0.812. The first-order valence-corrected chi connectivity index (χ1v) is 11.5. The minimum Gasteiger partial charge on any atom is -0.462 e. The van der Waals surface area contributed by atoms with Gasteiger partial charge in [-0.15, -0.1) is 11.3 Å². The van der Waals surface area contributed by atoms with E-state index in [4.69, 9.17) is 9.47 Å². The van der Waals surface area contributed by atoms with Crippen LogP contribution in [0.2, 0.25) is 0 Å². The highest BCUT2D eigenvalue weighted by Gasteiger charge is 2.78. The first-order valence-electron chi connectivity index (χ1n) is 10.7. The van der Waals surface area contributed by atoms with Gasteiger partial charge in [0, 0.05) is 21.8 Å². The fourth-order valence-corrected chi connectivity index (χ4v) is 7.10. The van der Waals surface area contributed by atoms with Crippen LogP contribution in [0.5, 0.6) is 0 Å². The molecule has 2 heterocycles. The number of thiophene rings is 1. The number of ether oxygens (including phenoxy) is 2. The molecule has 5 rings (SSSR count). The lowest BCUT2D eigenvalue weighted by Gasteiger charge is -2.39. The molecule has 2 aliphatic carbocycles. The third kappa shape index (κ3) is 2.38. The van der Waals surface area contributed by atoms with Crippen LogP contribution in [-0.4, -0.2) is 30.7 Å².